The number of aromatic amines is 1. The quantitative estimate of drug-likeness (QED) is 0.616. The number of H-pyrrole nitrogens is 1. The standard InChI is InChI=1S/C24H26N4O3/c25-22(29)17-8-19(26-12-17)23(30)31-13-21-27-18-3-1-2-4-20(18)28(21)24-9-14-5-15(10-24)7-16(6-14)11-24/h1-4,8,12,14-16,26H,5-7,9-11,13H2,(H2,25,29). The molecule has 3 aromatic rings. The number of fused-ring (bicyclic) bond motifs is 1. The molecule has 4 bridgehead atoms. The van der Waals surface area contributed by atoms with Crippen molar-refractivity contribution in [2.75, 3.05) is 0 Å². The van der Waals surface area contributed by atoms with E-state index in [0.29, 0.717) is 0 Å². The fraction of sp³-hybridized carbons (Fsp3) is 0.458. The number of primary amides is 1. The molecule has 0 saturated heterocycles. The largest absolute Gasteiger partial charge is 0.453 e. The van der Waals surface area contributed by atoms with Gasteiger partial charge >= 0.3 is 5.97 Å². The lowest BCUT2D eigenvalue weighted by molar-refractivity contribution is -0.0440. The Kier molecular flexibility index (Phi) is 4.04. The maximum absolute atomic E-state index is 12.6. The number of hydrogen-bond acceptors (Lipinski definition) is 4. The Morgan fingerprint density at radius 1 is 1.13 bits per heavy atom. The van der Waals surface area contributed by atoms with Crippen molar-refractivity contribution in [3.63, 3.8) is 0 Å². The van der Waals surface area contributed by atoms with Gasteiger partial charge in [0.2, 0.25) is 5.91 Å². The molecule has 3 N–H and O–H groups in total. The Labute approximate surface area is 180 Å². The van der Waals surface area contributed by atoms with Gasteiger partial charge in [0.15, 0.2) is 0 Å². The number of esters is 1. The summed E-state index contributed by atoms with van der Waals surface area (Å²) in [4.78, 5) is 31.5. The van der Waals surface area contributed by atoms with Crippen LogP contribution in [0.1, 0.15) is 65.2 Å². The third-order valence-corrected chi connectivity index (χ3v) is 7.63. The highest BCUT2D eigenvalue weighted by molar-refractivity contribution is 5.96. The van der Waals surface area contributed by atoms with Gasteiger partial charge in [-0.05, 0) is 74.5 Å². The summed E-state index contributed by atoms with van der Waals surface area (Å²) in [6.45, 7) is 0.0974. The maximum Gasteiger partial charge on any atom is 0.355 e. The van der Waals surface area contributed by atoms with Crippen molar-refractivity contribution < 1.29 is 14.3 Å². The van der Waals surface area contributed by atoms with Crippen molar-refractivity contribution in [2.45, 2.75) is 50.7 Å². The molecule has 2 heterocycles. The molecular weight excluding hydrogens is 392 g/mol. The molecule has 0 unspecified atom stereocenters. The van der Waals surface area contributed by atoms with E-state index in [9.17, 15) is 9.59 Å². The Bertz CT molecular complexity index is 1160. The predicted octanol–water partition coefficient (Wildman–Crippen LogP) is 3.75. The third-order valence-electron chi connectivity index (χ3n) is 7.63. The molecule has 7 rings (SSSR count). The number of imidazole rings is 1. The molecule has 1 aromatic carbocycles. The number of carbonyl (C=O) groups excluding carboxylic acids is 2. The molecule has 4 saturated carbocycles. The van der Waals surface area contributed by atoms with Crippen LogP contribution in [0, 0.1) is 17.8 Å². The molecule has 2 aromatic heterocycles. The molecule has 4 aliphatic rings. The summed E-state index contributed by atoms with van der Waals surface area (Å²) in [6, 6.07) is 9.64. The Hall–Kier alpha value is -3.09. The average molecular weight is 418 g/mol. The van der Waals surface area contributed by atoms with E-state index in [1.54, 1.807) is 0 Å². The number of hydrogen-bond donors (Lipinski definition) is 2. The van der Waals surface area contributed by atoms with E-state index in [2.05, 4.69) is 21.7 Å². The van der Waals surface area contributed by atoms with Crippen molar-refractivity contribution in [3.05, 3.63) is 53.6 Å². The fourth-order valence-electron chi connectivity index (χ4n) is 6.90. The van der Waals surface area contributed by atoms with Crippen LogP contribution in [-0.2, 0) is 16.9 Å². The van der Waals surface area contributed by atoms with Crippen LogP contribution in [0.15, 0.2) is 36.5 Å². The third kappa shape index (κ3) is 2.98. The number of nitrogens with two attached hydrogens (primary N) is 1. The Balaban J connectivity index is 1.34. The van der Waals surface area contributed by atoms with Crippen molar-refractivity contribution in [3.8, 4) is 0 Å². The zero-order valence-electron chi connectivity index (χ0n) is 17.3. The molecule has 7 heteroatoms. The van der Waals surface area contributed by atoms with Gasteiger partial charge in [0.1, 0.15) is 18.1 Å². The average Bonchev–Trinajstić information content (AvgIpc) is 3.36. The Morgan fingerprint density at radius 3 is 2.45 bits per heavy atom. The molecule has 7 nitrogen and oxygen atoms in total. The van der Waals surface area contributed by atoms with E-state index >= 15 is 0 Å². The van der Waals surface area contributed by atoms with Crippen LogP contribution in [0.2, 0.25) is 0 Å². The molecule has 4 aliphatic carbocycles. The van der Waals surface area contributed by atoms with Crippen LogP contribution >= 0.6 is 0 Å². The van der Waals surface area contributed by atoms with Crippen LogP contribution in [0.3, 0.4) is 0 Å². The molecule has 0 spiro atoms. The van der Waals surface area contributed by atoms with Crippen molar-refractivity contribution in [2.24, 2.45) is 23.5 Å². The maximum atomic E-state index is 12.6. The van der Waals surface area contributed by atoms with E-state index < -0.39 is 11.9 Å². The first-order valence-corrected chi connectivity index (χ1v) is 11.1. The highest BCUT2D eigenvalue weighted by Gasteiger charge is 2.52. The first-order chi connectivity index (χ1) is 15.0. The number of benzene rings is 1. The highest BCUT2D eigenvalue weighted by atomic mass is 16.5. The van der Waals surface area contributed by atoms with Crippen LogP contribution in [0.25, 0.3) is 11.0 Å². The molecule has 0 atom stereocenters. The van der Waals surface area contributed by atoms with Gasteiger partial charge in [-0.25, -0.2) is 9.78 Å². The minimum absolute atomic E-state index is 0.0815. The van der Waals surface area contributed by atoms with Gasteiger partial charge < -0.3 is 20.0 Å². The molecular formula is C24H26N4O3. The summed E-state index contributed by atoms with van der Waals surface area (Å²) in [5, 5.41) is 0. The van der Waals surface area contributed by atoms with Crippen LogP contribution in [0.4, 0.5) is 0 Å². The second kappa shape index (κ2) is 6.70. The normalized spacial score (nSPS) is 28.8. The van der Waals surface area contributed by atoms with Gasteiger partial charge in [0, 0.05) is 11.7 Å². The first-order valence-electron chi connectivity index (χ1n) is 11.1. The van der Waals surface area contributed by atoms with E-state index in [1.165, 1.54) is 50.8 Å². The van der Waals surface area contributed by atoms with Gasteiger partial charge in [0.05, 0.1) is 16.6 Å². The molecule has 1 amide bonds. The minimum atomic E-state index is -0.584. The van der Waals surface area contributed by atoms with Crippen molar-refractivity contribution in [1.82, 2.24) is 14.5 Å². The summed E-state index contributed by atoms with van der Waals surface area (Å²) in [6.07, 6.45) is 9.10. The van der Waals surface area contributed by atoms with Crippen LogP contribution in [0.5, 0.6) is 0 Å². The Morgan fingerprint density at radius 2 is 1.81 bits per heavy atom. The fourth-order valence-corrected chi connectivity index (χ4v) is 6.90. The number of para-hydroxylation sites is 2. The van der Waals surface area contributed by atoms with Crippen LogP contribution < -0.4 is 5.73 Å². The molecule has 0 aliphatic heterocycles. The summed E-state index contributed by atoms with van der Waals surface area (Å²) >= 11 is 0. The van der Waals surface area contributed by atoms with Gasteiger partial charge in [-0.3, -0.25) is 4.79 Å². The molecule has 4 fully saturated rings. The number of carbonyl (C=O) groups is 2. The van der Waals surface area contributed by atoms with E-state index in [4.69, 9.17) is 15.5 Å². The smallest absolute Gasteiger partial charge is 0.355 e. The van der Waals surface area contributed by atoms with Gasteiger partial charge in [0.25, 0.3) is 0 Å². The lowest BCUT2D eigenvalue weighted by Crippen LogP contribution is -2.52. The lowest BCUT2D eigenvalue weighted by Gasteiger charge is -2.57. The van der Waals surface area contributed by atoms with E-state index in [0.717, 1.165) is 34.6 Å². The van der Waals surface area contributed by atoms with Crippen LogP contribution in [-0.4, -0.2) is 26.4 Å². The van der Waals surface area contributed by atoms with E-state index in [-0.39, 0.29) is 23.4 Å². The van der Waals surface area contributed by atoms with E-state index in [1.807, 2.05) is 12.1 Å². The molecule has 31 heavy (non-hydrogen) atoms. The number of nitrogens with zero attached hydrogens (tertiary/aromatic N) is 2. The zero-order chi connectivity index (χ0) is 21.2. The summed E-state index contributed by atoms with van der Waals surface area (Å²) < 4.78 is 8.04. The summed E-state index contributed by atoms with van der Waals surface area (Å²) in [5.74, 6) is 2.10. The molecule has 0 radical (unpaired) electrons. The predicted molar refractivity (Wildman–Crippen MR) is 114 cm³/mol. The van der Waals surface area contributed by atoms with Gasteiger partial charge in [-0.2, -0.15) is 0 Å². The number of nitrogens with one attached hydrogen (secondary N) is 1. The van der Waals surface area contributed by atoms with Gasteiger partial charge in [-0.1, -0.05) is 12.1 Å². The lowest BCUT2D eigenvalue weighted by atomic mass is 9.53. The number of aromatic nitrogens is 3. The van der Waals surface area contributed by atoms with Crippen molar-refractivity contribution >= 4 is 22.9 Å². The van der Waals surface area contributed by atoms with Crippen molar-refractivity contribution in [1.29, 1.82) is 0 Å². The topological polar surface area (TPSA) is 103 Å². The first kappa shape index (κ1) is 18.7. The monoisotopic (exact) mass is 418 g/mol. The van der Waals surface area contributed by atoms with Gasteiger partial charge in [-0.15, -0.1) is 0 Å². The number of amides is 1. The zero-order valence-corrected chi connectivity index (χ0v) is 17.3. The summed E-state index contributed by atoms with van der Waals surface area (Å²) in [5.41, 5.74) is 7.90. The second-order valence-electron chi connectivity index (χ2n) is 9.74. The summed E-state index contributed by atoms with van der Waals surface area (Å²) in [7, 11) is 0. The second-order valence-corrected chi connectivity index (χ2v) is 9.74. The SMILES string of the molecule is NC(=O)c1c[nH]c(C(=O)OCc2nc3ccccc3n2C23CC4CC(CC(C4)C2)C3)c1. The number of ether oxygens (including phenoxy) is 1. The highest BCUT2D eigenvalue weighted by Crippen LogP contribution is 2.59. The minimum Gasteiger partial charge on any atom is -0.453 e. The number of rotatable bonds is 5. The molecule has 160 valence electrons.